The summed E-state index contributed by atoms with van der Waals surface area (Å²) in [5, 5.41) is 14.7. The predicted octanol–water partition coefficient (Wildman–Crippen LogP) is 0.775. The van der Waals surface area contributed by atoms with Crippen molar-refractivity contribution >= 4 is 22.4 Å². The second kappa shape index (κ2) is 7.63. The van der Waals surface area contributed by atoms with Crippen LogP contribution >= 0.6 is 11.3 Å². The monoisotopic (exact) mass is 293 g/mol. The van der Waals surface area contributed by atoms with Crippen LogP contribution in [0.15, 0.2) is 24.4 Å². The van der Waals surface area contributed by atoms with E-state index in [0.717, 1.165) is 5.69 Å². The fraction of sp³-hybridized carbons (Fsp3) is 0.333. The van der Waals surface area contributed by atoms with Gasteiger partial charge in [0.1, 0.15) is 5.69 Å². The molecule has 0 radical (unpaired) electrons. The molecule has 8 heteroatoms. The standard InChI is InChI=1S/C12H15N5O2S/c1-19-7-6-13-8-10(18)15-12-17-16-11(20-12)9-4-2-3-5-14-9/h2-5,13H,6-8H2,1H3,(H,15,17,18). The Hall–Kier alpha value is -1.90. The molecule has 106 valence electrons. The molecule has 2 rings (SSSR count). The van der Waals surface area contributed by atoms with Crippen molar-refractivity contribution in [2.75, 3.05) is 32.1 Å². The van der Waals surface area contributed by atoms with Crippen molar-refractivity contribution in [3.8, 4) is 10.7 Å². The lowest BCUT2D eigenvalue weighted by molar-refractivity contribution is -0.115. The number of amides is 1. The van der Waals surface area contributed by atoms with Crippen LogP contribution in [0.1, 0.15) is 0 Å². The van der Waals surface area contributed by atoms with Crippen molar-refractivity contribution in [2.45, 2.75) is 0 Å². The lowest BCUT2D eigenvalue weighted by atomic mass is 10.4. The van der Waals surface area contributed by atoms with Crippen LogP contribution in [0.25, 0.3) is 10.7 Å². The van der Waals surface area contributed by atoms with E-state index >= 15 is 0 Å². The van der Waals surface area contributed by atoms with Crippen LogP contribution < -0.4 is 10.6 Å². The Morgan fingerprint density at radius 2 is 2.30 bits per heavy atom. The second-order valence-electron chi connectivity index (χ2n) is 3.85. The van der Waals surface area contributed by atoms with Crippen molar-refractivity contribution in [2.24, 2.45) is 0 Å². The molecule has 0 bridgehead atoms. The zero-order valence-corrected chi connectivity index (χ0v) is 11.8. The molecule has 0 aliphatic rings. The van der Waals surface area contributed by atoms with E-state index in [-0.39, 0.29) is 12.5 Å². The van der Waals surface area contributed by atoms with Gasteiger partial charge in [0.05, 0.1) is 13.2 Å². The summed E-state index contributed by atoms with van der Waals surface area (Å²) in [6.45, 7) is 1.40. The van der Waals surface area contributed by atoms with Crippen molar-refractivity contribution < 1.29 is 9.53 Å². The third kappa shape index (κ3) is 4.34. The Labute approximate surface area is 120 Å². The number of ether oxygens (including phenoxy) is 1. The van der Waals surface area contributed by atoms with E-state index in [9.17, 15) is 4.79 Å². The van der Waals surface area contributed by atoms with Gasteiger partial charge in [-0.2, -0.15) is 0 Å². The first kappa shape index (κ1) is 14.5. The average molecular weight is 293 g/mol. The van der Waals surface area contributed by atoms with E-state index in [1.54, 1.807) is 13.3 Å². The van der Waals surface area contributed by atoms with Gasteiger partial charge >= 0.3 is 0 Å². The second-order valence-corrected chi connectivity index (χ2v) is 4.82. The number of aromatic nitrogens is 3. The Bertz CT molecular complexity index is 546. The Kier molecular flexibility index (Phi) is 5.54. The summed E-state index contributed by atoms with van der Waals surface area (Å²) in [5.74, 6) is -0.162. The van der Waals surface area contributed by atoms with Crippen molar-refractivity contribution in [1.82, 2.24) is 20.5 Å². The molecule has 0 aliphatic heterocycles. The van der Waals surface area contributed by atoms with E-state index in [1.807, 2.05) is 18.2 Å². The lowest BCUT2D eigenvalue weighted by Gasteiger charge is -2.02. The van der Waals surface area contributed by atoms with E-state index in [0.29, 0.717) is 23.3 Å². The third-order valence-corrected chi connectivity index (χ3v) is 3.19. The summed E-state index contributed by atoms with van der Waals surface area (Å²) in [5.41, 5.74) is 0.740. The minimum absolute atomic E-state index is 0.162. The van der Waals surface area contributed by atoms with Crippen LogP contribution in [0.4, 0.5) is 5.13 Å². The molecule has 0 unspecified atom stereocenters. The quantitative estimate of drug-likeness (QED) is 0.733. The van der Waals surface area contributed by atoms with Gasteiger partial charge in [0.2, 0.25) is 11.0 Å². The molecule has 0 spiro atoms. The van der Waals surface area contributed by atoms with Gasteiger partial charge < -0.3 is 10.1 Å². The maximum atomic E-state index is 11.6. The number of hydrogen-bond donors (Lipinski definition) is 2. The molecular formula is C12H15N5O2S. The highest BCUT2D eigenvalue weighted by atomic mass is 32.1. The third-order valence-electron chi connectivity index (χ3n) is 2.32. The summed E-state index contributed by atoms with van der Waals surface area (Å²) in [7, 11) is 1.61. The van der Waals surface area contributed by atoms with Crippen molar-refractivity contribution in [3.63, 3.8) is 0 Å². The van der Waals surface area contributed by atoms with Gasteiger partial charge in [0, 0.05) is 19.9 Å². The average Bonchev–Trinajstić information content (AvgIpc) is 2.93. The number of anilines is 1. The number of hydrogen-bond acceptors (Lipinski definition) is 7. The first-order valence-corrected chi connectivity index (χ1v) is 6.85. The molecule has 2 N–H and O–H groups in total. The van der Waals surface area contributed by atoms with E-state index in [2.05, 4.69) is 25.8 Å². The molecule has 1 amide bonds. The summed E-state index contributed by atoms with van der Waals surface area (Å²) < 4.78 is 4.87. The molecular weight excluding hydrogens is 278 g/mol. The largest absolute Gasteiger partial charge is 0.383 e. The fourth-order valence-corrected chi connectivity index (χ4v) is 2.14. The number of carbonyl (C=O) groups is 1. The smallest absolute Gasteiger partial charge is 0.240 e. The molecule has 0 saturated heterocycles. The summed E-state index contributed by atoms with van der Waals surface area (Å²) in [6.07, 6.45) is 1.69. The first-order valence-electron chi connectivity index (χ1n) is 6.04. The SMILES string of the molecule is COCCNCC(=O)Nc1nnc(-c2ccccn2)s1. The molecule has 7 nitrogen and oxygen atoms in total. The predicted molar refractivity (Wildman–Crippen MR) is 76.5 cm³/mol. The normalized spacial score (nSPS) is 10.4. The number of pyridine rings is 1. The topological polar surface area (TPSA) is 89.0 Å². The summed E-state index contributed by atoms with van der Waals surface area (Å²) >= 11 is 1.29. The van der Waals surface area contributed by atoms with E-state index in [1.165, 1.54) is 11.3 Å². The van der Waals surface area contributed by atoms with Gasteiger partial charge in [0.15, 0.2) is 5.01 Å². The number of nitrogens with one attached hydrogen (secondary N) is 2. The lowest BCUT2D eigenvalue weighted by Crippen LogP contribution is -2.30. The molecule has 0 fully saturated rings. The Balaban J connectivity index is 1.85. The molecule has 0 aliphatic carbocycles. The fourth-order valence-electron chi connectivity index (χ4n) is 1.41. The maximum Gasteiger partial charge on any atom is 0.240 e. The van der Waals surface area contributed by atoms with Crippen LogP contribution in [0, 0.1) is 0 Å². The van der Waals surface area contributed by atoms with Crippen molar-refractivity contribution in [1.29, 1.82) is 0 Å². The van der Waals surface area contributed by atoms with Crippen LogP contribution in [-0.4, -0.2) is 47.9 Å². The van der Waals surface area contributed by atoms with Gasteiger partial charge in [-0.1, -0.05) is 17.4 Å². The van der Waals surface area contributed by atoms with Crippen LogP contribution in [0.3, 0.4) is 0 Å². The van der Waals surface area contributed by atoms with Gasteiger partial charge in [-0.15, -0.1) is 10.2 Å². The molecule has 2 aromatic rings. The molecule has 2 aromatic heterocycles. The van der Waals surface area contributed by atoms with Gasteiger partial charge in [-0.05, 0) is 12.1 Å². The number of carbonyl (C=O) groups excluding carboxylic acids is 1. The van der Waals surface area contributed by atoms with Crippen LogP contribution in [0.2, 0.25) is 0 Å². The Morgan fingerprint density at radius 3 is 3.05 bits per heavy atom. The van der Waals surface area contributed by atoms with Crippen LogP contribution in [-0.2, 0) is 9.53 Å². The van der Waals surface area contributed by atoms with Gasteiger partial charge in [0.25, 0.3) is 0 Å². The zero-order valence-electron chi connectivity index (χ0n) is 11.0. The van der Waals surface area contributed by atoms with Gasteiger partial charge in [-0.3, -0.25) is 15.1 Å². The highest BCUT2D eigenvalue weighted by Gasteiger charge is 2.09. The Morgan fingerprint density at radius 1 is 1.40 bits per heavy atom. The van der Waals surface area contributed by atoms with Crippen molar-refractivity contribution in [3.05, 3.63) is 24.4 Å². The molecule has 2 heterocycles. The molecule has 0 saturated carbocycles. The molecule has 20 heavy (non-hydrogen) atoms. The zero-order chi connectivity index (χ0) is 14.2. The van der Waals surface area contributed by atoms with Gasteiger partial charge in [-0.25, -0.2) is 0 Å². The highest BCUT2D eigenvalue weighted by molar-refractivity contribution is 7.18. The maximum absolute atomic E-state index is 11.6. The molecule has 0 aromatic carbocycles. The minimum Gasteiger partial charge on any atom is -0.383 e. The van der Waals surface area contributed by atoms with E-state index < -0.39 is 0 Å². The number of rotatable bonds is 7. The number of methoxy groups -OCH3 is 1. The van der Waals surface area contributed by atoms with Crippen LogP contribution in [0.5, 0.6) is 0 Å². The summed E-state index contributed by atoms with van der Waals surface area (Å²) in [6, 6.07) is 5.55. The molecule has 0 atom stereocenters. The number of nitrogens with zero attached hydrogens (tertiary/aromatic N) is 3. The van der Waals surface area contributed by atoms with E-state index in [4.69, 9.17) is 4.74 Å². The summed E-state index contributed by atoms with van der Waals surface area (Å²) in [4.78, 5) is 15.8. The first-order chi connectivity index (χ1) is 9.79. The highest BCUT2D eigenvalue weighted by Crippen LogP contribution is 2.23. The minimum atomic E-state index is -0.162.